The van der Waals surface area contributed by atoms with E-state index in [4.69, 9.17) is 0 Å². The number of carbonyl (C=O) groups excluding carboxylic acids is 2. The number of alkyl halides is 1. The molecule has 4 rings (SSSR count). The molecule has 1 aliphatic carbocycles. The SMILES string of the molecule is Cc1cc(NC2CCCCC2(C)F)ncc1-c1sc(C(=O)NCC(C)(C)O)nc1C(=O)N1CCCC[C@@H]1C. The lowest BCUT2D eigenvalue weighted by molar-refractivity contribution is 0.0630. The third-order valence-corrected chi connectivity index (χ3v) is 8.67. The number of hydrogen-bond acceptors (Lipinski definition) is 7. The normalized spacial score (nSPS) is 24.2. The van der Waals surface area contributed by atoms with E-state index in [1.54, 1.807) is 27.0 Å². The molecule has 0 aromatic carbocycles. The average Bonchev–Trinajstić information content (AvgIpc) is 3.28. The minimum absolute atomic E-state index is 0.0583. The highest BCUT2D eigenvalue weighted by Gasteiger charge is 2.37. The topological polar surface area (TPSA) is 107 Å². The number of nitrogens with zero attached hydrogens (tertiary/aromatic N) is 3. The van der Waals surface area contributed by atoms with Crippen LogP contribution in [0.25, 0.3) is 10.4 Å². The average molecular weight is 546 g/mol. The Morgan fingerprint density at radius 1 is 1.26 bits per heavy atom. The number of thiazole rings is 1. The Hall–Kier alpha value is -2.59. The first kappa shape index (κ1) is 28.4. The second kappa shape index (κ2) is 11.3. The maximum absolute atomic E-state index is 15.0. The molecule has 38 heavy (non-hydrogen) atoms. The number of aliphatic hydroxyl groups is 1. The van der Waals surface area contributed by atoms with Crippen LogP contribution in [-0.4, -0.2) is 68.2 Å². The number of anilines is 1. The lowest BCUT2D eigenvalue weighted by atomic mass is 9.83. The summed E-state index contributed by atoms with van der Waals surface area (Å²) in [5.41, 5.74) is -0.553. The van der Waals surface area contributed by atoms with Gasteiger partial charge in [-0.3, -0.25) is 9.59 Å². The molecular weight excluding hydrogens is 505 g/mol. The lowest BCUT2D eigenvalue weighted by Crippen LogP contribution is -2.43. The fourth-order valence-corrected chi connectivity index (χ4v) is 6.27. The Balaban J connectivity index is 1.66. The molecule has 2 aromatic rings. The van der Waals surface area contributed by atoms with E-state index in [-0.39, 0.29) is 35.2 Å². The highest BCUT2D eigenvalue weighted by atomic mass is 32.1. The van der Waals surface area contributed by atoms with Gasteiger partial charge in [0.15, 0.2) is 5.01 Å². The molecule has 2 aliphatic rings. The first-order valence-electron chi connectivity index (χ1n) is 13.6. The van der Waals surface area contributed by atoms with Crippen molar-refractivity contribution in [3.05, 3.63) is 28.5 Å². The molecule has 0 radical (unpaired) electrons. The van der Waals surface area contributed by atoms with Crippen molar-refractivity contribution < 1.29 is 19.1 Å². The third-order valence-electron chi connectivity index (χ3n) is 7.58. The smallest absolute Gasteiger partial charge is 0.280 e. The van der Waals surface area contributed by atoms with Crippen molar-refractivity contribution in [2.75, 3.05) is 18.4 Å². The zero-order chi connectivity index (χ0) is 27.7. The number of carbonyl (C=O) groups is 2. The highest BCUT2D eigenvalue weighted by molar-refractivity contribution is 7.17. The number of hydrogen-bond donors (Lipinski definition) is 3. The van der Waals surface area contributed by atoms with Gasteiger partial charge in [-0.1, -0.05) is 12.8 Å². The van der Waals surface area contributed by atoms with Crippen LogP contribution in [0, 0.1) is 6.92 Å². The molecule has 208 valence electrons. The molecule has 3 atom stereocenters. The summed E-state index contributed by atoms with van der Waals surface area (Å²) in [6, 6.07) is 1.65. The summed E-state index contributed by atoms with van der Waals surface area (Å²) in [6.07, 6.45) is 7.77. The third kappa shape index (κ3) is 6.51. The first-order chi connectivity index (χ1) is 17.9. The van der Waals surface area contributed by atoms with Crippen molar-refractivity contribution in [3.8, 4) is 10.4 Å². The molecular formula is C28H40FN5O3S. The maximum Gasteiger partial charge on any atom is 0.280 e. The zero-order valence-corrected chi connectivity index (χ0v) is 23.9. The van der Waals surface area contributed by atoms with E-state index in [2.05, 4.69) is 20.6 Å². The van der Waals surface area contributed by atoms with E-state index in [0.29, 0.717) is 29.2 Å². The van der Waals surface area contributed by atoms with Crippen molar-refractivity contribution >= 4 is 29.0 Å². The molecule has 0 bridgehead atoms. The van der Waals surface area contributed by atoms with Crippen molar-refractivity contribution in [1.82, 2.24) is 20.2 Å². The second-order valence-electron chi connectivity index (χ2n) is 11.6. The minimum Gasteiger partial charge on any atom is -0.389 e. The zero-order valence-electron chi connectivity index (χ0n) is 23.1. The van der Waals surface area contributed by atoms with Crippen LogP contribution in [0.15, 0.2) is 12.3 Å². The van der Waals surface area contributed by atoms with Crippen molar-refractivity contribution in [3.63, 3.8) is 0 Å². The number of pyridine rings is 1. The van der Waals surface area contributed by atoms with Crippen molar-refractivity contribution in [2.24, 2.45) is 0 Å². The molecule has 2 unspecified atom stereocenters. The largest absolute Gasteiger partial charge is 0.389 e. The molecule has 2 fully saturated rings. The van der Waals surface area contributed by atoms with Gasteiger partial charge in [0.1, 0.15) is 17.2 Å². The molecule has 0 spiro atoms. The maximum atomic E-state index is 15.0. The second-order valence-corrected chi connectivity index (χ2v) is 12.6. The monoisotopic (exact) mass is 545 g/mol. The molecule has 8 nitrogen and oxygen atoms in total. The van der Waals surface area contributed by atoms with Crippen LogP contribution in [0.2, 0.25) is 0 Å². The number of likely N-dealkylation sites (tertiary alicyclic amines) is 1. The van der Waals surface area contributed by atoms with Crippen molar-refractivity contribution in [2.45, 2.75) is 103 Å². The summed E-state index contributed by atoms with van der Waals surface area (Å²) in [5, 5.41) is 16.2. The van der Waals surface area contributed by atoms with E-state index in [1.807, 2.05) is 24.8 Å². The molecule has 3 heterocycles. The number of halogens is 1. The summed E-state index contributed by atoms with van der Waals surface area (Å²) in [7, 11) is 0. The summed E-state index contributed by atoms with van der Waals surface area (Å²) < 4.78 is 15.0. The molecule has 3 N–H and O–H groups in total. The quantitative estimate of drug-likeness (QED) is 0.446. The van der Waals surface area contributed by atoms with E-state index in [1.165, 1.54) is 0 Å². The Labute approximate surface area is 228 Å². The van der Waals surface area contributed by atoms with E-state index >= 15 is 4.39 Å². The van der Waals surface area contributed by atoms with Gasteiger partial charge in [0.2, 0.25) is 0 Å². The number of aromatic nitrogens is 2. The minimum atomic E-state index is -1.29. The van der Waals surface area contributed by atoms with Gasteiger partial charge in [0.25, 0.3) is 11.8 Å². The van der Waals surface area contributed by atoms with Crippen LogP contribution in [0.3, 0.4) is 0 Å². The van der Waals surface area contributed by atoms with Crippen LogP contribution in [0.4, 0.5) is 10.2 Å². The van der Waals surface area contributed by atoms with Gasteiger partial charge in [-0.15, -0.1) is 11.3 Å². The first-order valence-corrected chi connectivity index (χ1v) is 14.4. The summed E-state index contributed by atoms with van der Waals surface area (Å²) in [4.78, 5) is 38.1. The van der Waals surface area contributed by atoms with Crippen LogP contribution in [0.5, 0.6) is 0 Å². The van der Waals surface area contributed by atoms with Crippen LogP contribution in [0.1, 0.15) is 98.5 Å². The summed E-state index contributed by atoms with van der Waals surface area (Å²) >= 11 is 1.15. The van der Waals surface area contributed by atoms with Crippen LogP contribution in [-0.2, 0) is 0 Å². The Morgan fingerprint density at radius 3 is 2.66 bits per heavy atom. The number of rotatable bonds is 7. The summed E-state index contributed by atoms with van der Waals surface area (Å²) in [6.45, 7) is 9.53. The molecule has 2 amide bonds. The molecule has 1 saturated heterocycles. The predicted molar refractivity (Wildman–Crippen MR) is 148 cm³/mol. The van der Waals surface area contributed by atoms with Crippen LogP contribution < -0.4 is 10.6 Å². The number of nitrogens with one attached hydrogen (secondary N) is 2. The Morgan fingerprint density at radius 2 is 2.00 bits per heavy atom. The van der Waals surface area contributed by atoms with Crippen molar-refractivity contribution in [1.29, 1.82) is 0 Å². The number of piperidine rings is 1. The predicted octanol–water partition coefficient (Wildman–Crippen LogP) is 5.11. The highest BCUT2D eigenvalue weighted by Crippen LogP contribution is 2.37. The van der Waals surface area contributed by atoms with E-state index < -0.39 is 17.2 Å². The van der Waals surface area contributed by atoms with Gasteiger partial charge >= 0.3 is 0 Å². The molecule has 1 aliphatic heterocycles. The Bertz CT molecular complexity index is 1180. The van der Waals surface area contributed by atoms with Gasteiger partial charge < -0.3 is 20.6 Å². The Kier molecular flexibility index (Phi) is 8.42. The van der Waals surface area contributed by atoms with Gasteiger partial charge in [-0.2, -0.15) is 0 Å². The molecule has 2 aromatic heterocycles. The van der Waals surface area contributed by atoms with E-state index in [0.717, 1.165) is 55.4 Å². The number of aryl methyl sites for hydroxylation is 1. The lowest BCUT2D eigenvalue weighted by Gasteiger charge is -2.35. The molecule has 10 heteroatoms. The summed E-state index contributed by atoms with van der Waals surface area (Å²) in [5.74, 6) is -0.0400. The fourth-order valence-electron chi connectivity index (χ4n) is 5.22. The van der Waals surface area contributed by atoms with Gasteiger partial charge in [-0.05, 0) is 78.4 Å². The fraction of sp³-hybridized carbons (Fsp3) is 0.643. The standard InChI is InChI=1S/C28H40FN5O3S/c1-17-14-21(32-20-11-6-8-12-28(20,5)29)30-15-19(17)23-22(26(36)34-13-9-7-10-18(34)2)33-25(38-23)24(35)31-16-27(3,4)37/h14-15,18,20,37H,6-13,16H2,1-5H3,(H,30,32)(H,31,35)/t18-,20?,28?/m0/s1. The van der Waals surface area contributed by atoms with E-state index in [9.17, 15) is 14.7 Å². The van der Waals surface area contributed by atoms with Crippen LogP contribution >= 0.6 is 11.3 Å². The van der Waals surface area contributed by atoms with Gasteiger partial charge in [0, 0.05) is 30.9 Å². The number of amides is 2. The van der Waals surface area contributed by atoms with Gasteiger partial charge in [0.05, 0.1) is 16.5 Å². The van der Waals surface area contributed by atoms with Gasteiger partial charge in [-0.25, -0.2) is 14.4 Å². The molecule has 1 saturated carbocycles.